The topological polar surface area (TPSA) is 51.2 Å². The Morgan fingerprint density at radius 2 is 1.55 bits per heavy atom. The van der Waals surface area contributed by atoms with Gasteiger partial charge in [-0.05, 0) is 42.0 Å². The van der Waals surface area contributed by atoms with Crippen LogP contribution < -0.4 is 10.1 Å². The van der Waals surface area contributed by atoms with Crippen LogP contribution in [0.5, 0.6) is 5.75 Å². The Kier molecular flexibility index (Phi) is 6.51. The molecule has 3 aromatic carbocycles. The van der Waals surface area contributed by atoms with Crippen LogP contribution in [0, 0.1) is 0 Å². The third-order valence-corrected chi connectivity index (χ3v) is 5.32. The molecule has 0 aliphatic carbocycles. The molecule has 0 spiro atoms. The lowest BCUT2D eigenvalue weighted by Crippen LogP contribution is -2.16. The van der Waals surface area contributed by atoms with Crippen molar-refractivity contribution in [2.45, 2.75) is 6.10 Å². The van der Waals surface area contributed by atoms with E-state index in [2.05, 4.69) is 10.3 Å². The van der Waals surface area contributed by atoms with E-state index >= 15 is 0 Å². The van der Waals surface area contributed by atoms with Gasteiger partial charge in [0, 0.05) is 21.8 Å². The molecule has 0 saturated heterocycles. The second-order valence-corrected chi connectivity index (χ2v) is 7.55. The van der Waals surface area contributed by atoms with Gasteiger partial charge in [0.2, 0.25) is 0 Å². The summed E-state index contributed by atoms with van der Waals surface area (Å²) in [4.78, 5) is 17.0. The maximum atomic E-state index is 13.0. The fourth-order valence-corrected chi connectivity index (χ4v) is 3.80. The predicted molar refractivity (Wildman–Crippen MR) is 124 cm³/mol. The van der Waals surface area contributed by atoms with Crippen molar-refractivity contribution in [3.63, 3.8) is 0 Å². The van der Waals surface area contributed by atoms with E-state index < -0.39 is 6.10 Å². The number of anilines is 1. The number of amides is 1. The minimum atomic E-state index is -0.602. The SMILES string of the molecule is O=C(Nc1cccnc1)c1ccccc1OC(c1ccccc1)c1c(Cl)cccc1Cl. The van der Waals surface area contributed by atoms with E-state index in [1.54, 1.807) is 60.9 Å². The number of nitrogens with zero attached hydrogens (tertiary/aromatic N) is 1. The lowest BCUT2D eigenvalue weighted by molar-refractivity contribution is 0.102. The fraction of sp³-hybridized carbons (Fsp3) is 0.0400. The fourth-order valence-electron chi connectivity index (χ4n) is 3.20. The van der Waals surface area contributed by atoms with Crippen molar-refractivity contribution in [1.82, 2.24) is 4.98 Å². The van der Waals surface area contributed by atoms with Gasteiger partial charge >= 0.3 is 0 Å². The molecular weight excluding hydrogens is 431 g/mol. The van der Waals surface area contributed by atoms with Gasteiger partial charge in [-0.1, -0.05) is 71.7 Å². The molecule has 0 radical (unpaired) electrons. The van der Waals surface area contributed by atoms with Crippen LogP contribution in [0.25, 0.3) is 0 Å². The molecule has 4 rings (SSSR count). The summed E-state index contributed by atoms with van der Waals surface area (Å²) in [5.74, 6) is 0.106. The van der Waals surface area contributed by atoms with E-state index in [0.717, 1.165) is 5.56 Å². The number of halogens is 2. The zero-order valence-corrected chi connectivity index (χ0v) is 17.8. The molecule has 0 bridgehead atoms. The number of pyridine rings is 1. The second-order valence-electron chi connectivity index (χ2n) is 6.74. The van der Waals surface area contributed by atoms with Crippen LogP contribution in [0.2, 0.25) is 10.0 Å². The van der Waals surface area contributed by atoms with Crippen LogP contribution in [-0.2, 0) is 0 Å². The number of carbonyl (C=O) groups excluding carboxylic acids is 1. The van der Waals surface area contributed by atoms with Crippen LogP contribution in [0.1, 0.15) is 27.6 Å². The van der Waals surface area contributed by atoms with Crippen molar-refractivity contribution in [3.05, 3.63) is 124 Å². The number of ether oxygens (including phenoxy) is 1. The quantitative estimate of drug-likeness (QED) is 0.352. The van der Waals surface area contributed by atoms with Gasteiger partial charge < -0.3 is 10.1 Å². The number of hydrogen-bond acceptors (Lipinski definition) is 3. The molecule has 4 aromatic rings. The Labute approximate surface area is 190 Å². The summed E-state index contributed by atoms with van der Waals surface area (Å²) in [6, 6.07) is 25.5. The molecule has 1 aromatic heterocycles. The van der Waals surface area contributed by atoms with Crippen molar-refractivity contribution in [1.29, 1.82) is 0 Å². The van der Waals surface area contributed by atoms with Gasteiger partial charge in [-0.25, -0.2) is 0 Å². The van der Waals surface area contributed by atoms with E-state index in [1.165, 1.54) is 0 Å². The van der Waals surface area contributed by atoms with Gasteiger partial charge in [0.15, 0.2) is 6.10 Å². The van der Waals surface area contributed by atoms with Gasteiger partial charge in [-0.15, -0.1) is 0 Å². The molecule has 1 atom stereocenters. The van der Waals surface area contributed by atoms with E-state index in [-0.39, 0.29) is 5.91 Å². The molecule has 1 amide bonds. The van der Waals surface area contributed by atoms with E-state index in [0.29, 0.717) is 32.6 Å². The van der Waals surface area contributed by atoms with Gasteiger partial charge in [0.05, 0.1) is 17.4 Å². The molecule has 154 valence electrons. The highest BCUT2D eigenvalue weighted by molar-refractivity contribution is 6.36. The van der Waals surface area contributed by atoms with Crippen LogP contribution in [-0.4, -0.2) is 10.9 Å². The first-order chi connectivity index (χ1) is 15.1. The van der Waals surface area contributed by atoms with Crippen LogP contribution in [0.15, 0.2) is 97.3 Å². The molecule has 1 heterocycles. The minimum Gasteiger partial charge on any atom is -0.480 e. The Morgan fingerprint density at radius 3 is 2.26 bits per heavy atom. The highest BCUT2D eigenvalue weighted by atomic mass is 35.5. The summed E-state index contributed by atoms with van der Waals surface area (Å²) in [5.41, 5.74) is 2.48. The maximum absolute atomic E-state index is 13.0. The van der Waals surface area contributed by atoms with E-state index in [1.807, 2.05) is 36.4 Å². The molecule has 0 saturated carbocycles. The summed E-state index contributed by atoms with van der Waals surface area (Å²) in [7, 11) is 0. The molecule has 1 N–H and O–H groups in total. The largest absolute Gasteiger partial charge is 0.480 e. The third-order valence-electron chi connectivity index (χ3n) is 4.66. The standard InChI is InChI=1S/C25H18Cl2N2O2/c26-20-12-6-13-21(27)23(20)24(17-8-2-1-3-9-17)31-22-14-5-4-11-19(22)25(30)29-18-10-7-15-28-16-18/h1-16,24H,(H,29,30). The molecule has 4 nitrogen and oxygen atoms in total. The number of nitrogens with one attached hydrogen (secondary N) is 1. The third kappa shape index (κ3) is 4.88. The number of hydrogen-bond donors (Lipinski definition) is 1. The van der Waals surface area contributed by atoms with Crippen LogP contribution in [0.4, 0.5) is 5.69 Å². The van der Waals surface area contributed by atoms with Crippen molar-refractivity contribution < 1.29 is 9.53 Å². The first-order valence-corrected chi connectivity index (χ1v) is 10.3. The monoisotopic (exact) mass is 448 g/mol. The average molecular weight is 449 g/mol. The average Bonchev–Trinajstić information content (AvgIpc) is 2.80. The summed E-state index contributed by atoms with van der Waals surface area (Å²) < 4.78 is 6.39. The molecule has 0 aliphatic heterocycles. The van der Waals surface area contributed by atoms with Gasteiger partial charge in [-0.3, -0.25) is 9.78 Å². The summed E-state index contributed by atoms with van der Waals surface area (Å²) >= 11 is 13.0. The second kappa shape index (κ2) is 9.65. The highest BCUT2D eigenvalue weighted by Gasteiger charge is 2.24. The number of rotatable bonds is 6. The first-order valence-electron chi connectivity index (χ1n) is 9.59. The lowest BCUT2D eigenvalue weighted by atomic mass is 10.0. The Balaban J connectivity index is 1.72. The highest BCUT2D eigenvalue weighted by Crippen LogP contribution is 2.38. The van der Waals surface area contributed by atoms with Crippen molar-refractivity contribution in [2.24, 2.45) is 0 Å². The van der Waals surface area contributed by atoms with Crippen molar-refractivity contribution in [2.75, 3.05) is 5.32 Å². The van der Waals surface area contributed by atoms with Gasteiger partial charge in [0.1, 0.15) is 5.75 Å². The molecular formula is C25H18Cl2N2O2. The number of benzene rings is 3. The Bertz CT molecular complexity index is 1160. The normalized spacial score (nSPS) is 11.5. The Hall–Kier alpha value is -3.34. The Morgan fingerprint density at radius 1 is 0.839 bits per heavy atom. The molecule has 1 unspecified atom stereocenters. The number of aromatic nitrogens is 1. The minimum absolute atomic E-state index is 0.305. The summed E-state index contributed by atoms with van der Waals surface area (Å²) in [6.45, 7) is 0. The zero-order chi connectivity index (χ0) is 21.6. The number of para-hydroxylation sites is 1. The zero-order valence-electron chi connectivity index (χ0n) is 16.3. The van der Waals surface area contributed by atoms with Crippen molar-refractivity contribution >= 4 is 34.8 Å². The van der Waals surface area contributed by atoms with Crippen LogP contribution in [0.3, 0.4) is 0 Å². The molecule has 31 heavy (non-hydrogen) atoms. The molecule has 0 fully saturated rings. The smallest absolute Gasteiger partial charge is 0.259 e. The number of carbonyl (C=O) groups is 1. The molecule has 0 aliphatic rings. The van der Waals surface area contributed by atoms with Crippen LogP contribution >= 0.6 is 23.2 Å². The van der Waals surface area contributed by atoms with Gasteiger partial charge in [0.25, 0.3) is 5.91 Å². The van der Waals surface area contributed by atoms with Crippen molar-refractivity contribution in [3.8, 4) is 5.75 Å². The predicted octanol–water partition coefficient (Wildman–Crippen LogP) is 6.81. The first kappa shape index (κ1) is 20.9. The van der Waals surface area contributed by atoms with E-state index in [4.69, 9.17) is 27.9 Å². The summed E-state index contributed by atoms with van der Waals surface area (Å²) in [6.07, 6.45) is 2.62. The van der Waals surface area contributed by atoms with E-state index in [9.17, 15) is 4.79 Å². The maximum Gasteiger partial charge on any atom is 0.259 e. The van der Waals surface area contributed by atoms with Gasteiger partial charge in [-0.2, -0.15) is 0 Å². The summed E-state index contributed by atoms with van der Waals surface area (Å²) in [5, 5.41) is 3.81. The molecule has 6 heteroatoms. The lowest BCUT2D eigenvalue weighted by Gasteiger charge is -2.23.